The van der Waals surface area contributed by atoms with Crippen LogP contribution in [0.15, 0.2) is 64.3 Å². The maximum Gasteiger partial charge on any atom is 0.335 e. The molecule has 4 amide bonds. The SMILES string of the molecule is CC(=C\c1ccco1)/C=C1\C(=O)NC(=O)N(c2ccc(C)cc2)C1=O. The molecule has 1 aliphatic heterocycles. The van der Waals surface area contributed by atoms with Crippen molar-refractivity contribution >= 4 is 29.6 Å². The van der Waals surface area contributed by atoms with Gasteiger partial charge in [0.05, 0.1) is 12.0 Å². The molecule has 126 valence electrons. The van der Waals surface area contributed by atoms with Crippen molar-refractivity contribution in [3.05, 3.63) is 71.2 Å². The number of allylic oxidation sites excluding steroid dienone is 2. The number of hydrogen-bond donors (Lipinski definition) is 1. The Morgan fingerprint density at radius 1 is 1.12 bits per heavy atom. The molecule has 0 atom stereocenters. The second-order valence-corrected chi connectivity index (χ2v) is 5.70. The molecule has 3 rings (SSSR count). The molecular formula is C19H16N2O4. The topological polar surface area (TPSA) is 79.6 Å². The summed E-state index contributed by atoms with van der Waals surface area (Å²) in [5, 5.41) is 2.20. The van der Waals surface area contributed by atoms with Crippen molar-refractivity contribution in [1.82, 2.24) is 5.32 Å². The first kappa shape index (κ1) is 16.4. The molecule has 0 radical (unpaired) electrons. The fourth-order valence-electron chi connectivity index (χ4n) is 2.45. The van der Waals surface area contributed by atoms with Crippen molar-refractivity contribution in [2.75, 3.05) is 4.90 Å². The van der Waals surface area contributed by atoms with Crippen LogP contribution in [0.4, 0.5) is 10.5 Å². The molecular weight excluding hydrogens is 320 g/mol. The van der Waals surface area contributed by atoms with Gasteiger partial charge < -0.3 is 4.42 Å². The summed E-state index contributed by atoms with van der Waals surface area (Å²) in [7, 11) is 0. The normalized spacial score (nSPS) is 17.2. The molecule has 0 saturated carbocycles. The first-order chi connectivity index (χ1) is 12.0. The second-order valence-electron chi connectivity index (χ2n) is 5.70. The molecule has 1 N–H and O–H groups in total. The number of urea groups is 1. The molecule has 1 aromatic heterocycles. The van der Waals surface area contributed by atoms with E-state index in [1.165, 1.54) is 12.3 Å². The molecule has 2 heterocycles. The van der Waals surface area contributed by atoms with Crippen molar-refractivity contribution in [3.63, 3.8) is 0 Å². The van der Waals surface area contributed by atoms with E-state index in [1.807, 2.05) is 6.92 Å². The Balaban J connectivity index is 1.95. The Bertz CT molecular complexity index is 890. The number of hydrogen-bond acceptors (Lipinski definition) is 4. The van der Waals surface area contributed by atoms with Gasteiger partial charge in [-0.1, -0.05) is 17.7 Å². The summed E-state index contributed by atoms with van der Waals surface area (Å²) in [6, 6.07) is 9.63. The Kier molecular flexibility index (Phi) is 4.35. The Hall–Kier alpha value is -3.41. The van der Waals surface area contributed by atoms with E-state index < -0.39 is 17.8 Å². The van der Waals surface area contributed by atoms with Gasteiger partial charge in [-0.3, -0.25) is 14.9 Å². The molecule has 1 fully saturated rings. The summed E-state index contributed by atoms with van der Waals surface area (Å²) in [5.41, 5.74) is 1.93. The van der Waals surface area contributed by atoms with Gasteiger partial charge >= 0.3 is 6.03 Å². The Labute approximate surface area is 144 Å². The molecule has 1 aromatic carbocycles. The fourth-order valence-corrected chi connectivity index (χ4v) is 2.45. The molecule has 0 spiro atoms. The summed E-state index contributed by atoms with van der Waals surface area (Å²) in [4.78, 5) is 37.8. The molecule has 0 aliphatic carbocycles. The highest BCUT2D eigenvalue weighted by Crippen LogP contribution is 2.22. The van der Waals surface area contributed by atoms with Gasteiger partial charge in [0, 0.05) is 0 Å². The van der Waals surface area contributed by atoms with Crippen molar-refractivity contribution in [2.24, 2.45) is 0 Å². The molecule has 2 aromatic rings. The highest BCUT2D eigenvalue weighted by molar-refractivity contribution is 6.37. The number of benzene rings is 1. The van der Waals surface area contributed by atoms with Gasteiger partial charge in [-0.15, -0.1) is 0 Å². The third-order valence-corrected chi connectivity index (χ3v) is 3.68. The zero-order valence-electron chi connectivity index (χ0n) is 13.8. The number of anilines is 1. The van der Waals surface area contributed by atoms with Crippen LogP contribution in [0.25, 0.3) is 6.08 Å². The Morgan fingerprint density at radius 3 is 2.48 bits per heavy atom. The van der Waals surface area contributed by atoms with E-state index in [9.17, 15) is 14.4 Å². The third kappa shape index (κ3) is 3.42. The van der Waals surface area contributed by atoms with Gasteiger partial charge in [0.2, 0.25) is 0 Å². The summed E-state index contributed by atoms with van der Waals surface area (Å²) >= 11 is 0. The minimum Gasteiger partial charge on any atom is -0.465 e. The standard InChI is InChI=1S/C19H16N2O4/c1-12-5-7-14(8-6-12)21-18(23)16(17(22)20-19(21)24)11-13(2)10-15-4-3-9-25-15/h3-11H,1-2H3,(H,20,22,24)/b13-10+,16-11+. The van der Waals surface area contributed by atoms with Gasteiger partial charge in [0.15, 0.2) is 0 Å². The van der Waals surface area contributed by atoms with Crippen LogP contribution in [-0.2, 0) is 9.59 Å². The average molecular weight is 336 g/mol. The van der Waals surface area contributed by atoms with E-state index >= 15 is 0 Å². The number of nitrogens with zero attached hydrogens (tertiary/aromatic N) is 1. The molecule has 0 bridgehead atoms. The van der Waals surface area contributed by atoms with Gasteiger partial charge in [-0.2, -0.15) is 0 Å². The molecule has 1 aliphatic rings. The van der Waals surface area contributed by atoms with Crippen LogP contribution >= 0.6 is 0 Å². The first-order valence-electron chi connectivity index (χ1n) is 7.65. The van der Waals surface area contributed by atoms with Gasteiger partial charge in [0.25, 0.3) is 11.8 Å². The monoisotopic (exact) mass is 336 g/mol. The lowest BCUT2D eigenvalue weighted by molar-refractivity contribution is -0.122. The van der Waals surface area contributed by atoms with E-state index in [2.05, 4.69) is 5.32 Å². The fraction of sp³-hybridized carbons (Fsp3) is 0.105. The van der Waals surface area contributed by atoms with Crippen molar-refractivity contribution in [3.8, 4) is 0 Å². The first-order valence-corrected chi connectivity index (χ1v) is 7.65. The molecule has 1 saturated heterocycles. The van der Waals surface area contributed by atoms with Crippen LogP contribution in [0, 0.1) is 6.92 Å². The number of rotatable bonds is 3. The number of imide groups is 2. The zero-order chi connectivity index (χ0) is 18.0. The molecule has 6 heteroatoms. The lowest BCUT2D eigenvalue weighted by atomic mass is 10.1. The van der Waals surface area contributed by atoms with Gasteiger partial charge in [0.1, 0.15) is 11.3 Å². The van der Waals surface area contributed by atoms with Crippen LogP contribution < -0.4 is 10.2 Å². The minimum atomic E-state index is -0.760. The number of furan rings is 1. The van der Waals surface area contributed by atoms with Crippen LogP contribution in [0.3, 0.4) is 0 Å². The maximum atomic E-state index is 12.7. The smallest absolute Gasteiger partial charge is 0.335 e. The maximum absolute atomic E-state index is 12.7. The predicted octanol–water partition coefficient (Wildman–Crippen LogP) is 3.20. The summed E-state index contributed by atoms with van der Waals surface area (Å²) in [5.74, 6) is -0.778. The van der Waals surface area contributed by atoms with Crippen molar-refractivity contribution in [1.29, 1.82) is 0 Å². The van der Waals surface area contributed by atoms with E-state index in [0.29, 0.717) is 17.0 Å². The lowest BCUT2D eigenvalue weighted by Gasteiger charge is -2.26. The number of carbonyl (C=O) groups is 3. The largest absolute Gasteiger partial charge is 0.465 e. The number of carbonyl (C=O) groups excluding carboxylic acids is 3. The van der Waals surface area contributed by atoms with E-state index in [4.69, 9.17) is 4.42 Å². The molecule has 0 unspecified atom stereocenters. The molecule has 25 heavy (non-hydrogen) atoms. The van der Waals surface area contributed by atoms with E-state index in [-0.39, 0.29) is 5.57 Å². The van der Waals surface area contributed by atoms with Gasteiger partial charge in [-0.05, 0) is 55.8 Å². The van der Waals surface area contributed by atoms with Crippen LogP contribution in [0.5, 0.6) is 0 Å². The summed E-state index contributed by atoms with van der Waals surface area (Å²) < 4.78 is 5.21. The summed E-state index contributed by atoms with van der Waals surface area (Å²) in [6.45, 7) is 3.64. The zero-order valence-corrected chi connectivity index (χ0v) is 13.8. The predicted molar refractivity (Wildman–Crippen MR) is 92.6 cm³/mol. The second kappa shape index (κ2) is 6.60. The van der Waals surface area contributed by atoms with Crippen LogP contribution in [0.2, 0.25) is 0 Å². The quantitative estimate of drug-likeness (QED) is 0.689. The third-order valence-electron chi connectivity index (χ3n) is 3.68. The van der Waals surface area contributed by atoms with Crippen molar-refractivity contribution in [2.45, 2.75) is 13.8 Å². The molecule has 6 nitrogen and oxygen atoms in total. The van der Waals surface area contributed by atoms with Crippen molar-refractivity contribution < 1.29 is 18.8 Å². The van der Waals surface area contributed by atoms with Crippen LogP contribution in [0.1, 0.15) is 18.2 Å². The van der Waals surface area contributed by atoms with Crippen LogP contribution in [-0.4, -0.2) is 17.8 Å². The number of amides is 4. The summed E-state index contributed by atoms with van der Waals surface area (Å²) in [6.07, 6.45) is 4.66. The van der Waals surface area contributed by atoms with Gasteiger partial charge in [-0.25, -0.2) is 9.69 Å². The lowest BCUT2D eigenvalue weighted by Crippen LogP contribution is -2.54. The minimum absolute atomic E-state index is 0.111. The number of barbiturate groups is 1. The number of nitrogens with one attached hydrogen (secondary N) is 1. The van der Waals surface area contributed by atoms with E-state index in [1.54, 1.807) is 49.4 Å². The van der Waals surface area contributed by atoms with E-state index in [0.717, 1.165) is 10.5 Å². The highest BCUT2D eigenvalue weighted by atomic mass is 16.3. The highest BCUT2D eigenvalue weighted by Gasteiger charge is 2.36. The Morgan fingerprint density at radius 2 is 1.84 bits per heavy atom. The number of aryl methyl sites for hydroxylation is 1. The average Bonchev–Trinajstić information content (AvgIpc) is 3.06.